The zero-order valence-electron chi connectivity index (χ0n) is 19.6. The summed E-state index contributed by atoms with van der Waals surface area (Å²) in [6.45, 7) is 11.6. The predicted molar refractivity (Wildman–Crippen MR) is 130 cm³/mol. The number of ether oxygens (including phenoxy) is 1. The Morgan fingerprint density at radius 1 is 0.970 bits per heavy atom. The summed E-state index contributed by atoms with van der Waals surface area (Å²) >= 11 is 0. The fourth-order valence-corrected chi connectivity index (χ4v) is 5.11. The maximum atomic E-state index is 13.3. The Bertz CT molecular complexity index is 1150. The molecule has 6 heteroatoms. The molecule has 3 aliphatic heterocycles. The van der Waals surface area contributed by atoms with Crippen molar-refractivity contribution in [3.63, 3.8) is 0 Å². The molecule has 0 bridgehead atoms. The second-order valence-electron chi connectivity index (χ2n) is 10.3. The molecule has 170 valence electrons. The maximum absolute atomic E-state index is 13.3. The molecule has 0 radical (unpaired) electrons. The molecule has 0 saturated heterocycles. The highest BCUT2D eigenvalue weighted by atomic mass is 16.5. The maximum Gasteiger partial charge on any atom is 0.299 e. The number of hydrazone groups is 1. The molecule has 0 spiro atoms. The zero-order valence-corrected chi connectivity index (χ0v) is 19.6. The molecule has 0 aromatic heterocycles. The van der Waals surface area contributed by atoms with Crippen LogP contribution < -0.4 is 9.91 Å². The quantitative estimate of drug-likeness (QED) is 0.506. The first-order valence-corrected chi connectivity index (χ1v) is 11.5. The molecular formula is C27H29N3O3. The molecule has 3 aliphatic rings. The van der Waals surface area contributed by atoms with Gasteiger partial charge in [-0.2, -0.15) is 5.01 Å². The van der Waals surface area contributed by atoms with Gasteiger partial charge in [0.15, 0.2) is 0 Å². The highest BCUT2D eigenvalue weighted by molar-refractivity contribution is 6.31. The van der Waals surface area contributed by atoms with Crippen LogP contribution in [-0.2, 0) is 25.2 Å². The number of nitrogens with zero attached hydrogens (tertiary/aromatic N) is 3. The highest BCUT2D eigenvalue weighted by Gasteiger charge is 2.40. The van der Waals surface area contributed by atoms with Crippen LogP contribution in [0.15, 0.2) is 53.1 Å². The number of rotatable bonds is 3. The van der Waals surface area contributed by atoms with Crippen LogP contribution in [0.4, 0.5) is 11.4 Å². The van der Waals surface area contributed by atoms with Crippen molar-refractivity contribution in [2.75, 3.05) is 23.0 Å². The van der Waals surface area contributed by atoms with Gasteiger partial charge in [-0.15, -0.1) is 5.10 Å². The monoisotopic (exact) mass is 443 g/mol. The summed E-state index contributed by atoms with van der Waals surface area (Å²) in [4.78, 5) is 27.0. The van der Waals surface area contributed by atoms with Crippen LogP contribution in [0.25, 0.3) is 6.08 Å². The first kappa shape index (κ1) is 21.4. The minimum atomic E-state index is -0.315. The van der Waals surface area contributed by atoms with Crippen molar-refractivity contribution in [3.05, 3.63) is 64.7 Å². The van der Waals surface area contributed by atoms with Gasteiger partial charge in [0.05, 0.1) is 5.69 Å². The molecular weight excluding hydrogens is 414 g/mol. The van der Waals surface area contributed by atoms with Crippen molar-refractivity contribution < 1.29 is 14.3 Å². The molecule has 33 heavy (non-hydrogen) atoms. The summed E-state index contributed by atoms with van der Waals surface area (Å²) in [6.07, 6.45) is 3.98. The lowest BCUT2D eigenvalue weighted by molar-refractivity contribution is -0.121. The minimum absolute atomic E-state index is 0.0189. The van der Waals surface area contributed by atoms with Gasteiger partial charge in [-0.1, -0.05) is 45.9 Å². The third kappa shape index (κ3) is 3.54. The van der Waals surface area contributed by atoms with Crippen molar-refractivity contribution in [1.29, 1.82) is 0 Å². The van der Waals surface area contributed by atoms with Gasteiger partial charge >= 0.3 is 0 Å². The van der Waals surface area contributed by atoms with Crippen molar-refractivity contribution >= 4 is 35.7 Å². The van der Waals surface area contributed by atoms with E-state index in [-0.39, 0.29) is 28.2 Å². The zero-order chi connectivity index (χ0) is 23.4. The van der Waals surface area contributed by atoms with Crippen molar-refractivity contribution in [2.24, 2.45) is 5.10 Å². The van der Waals surface area contributed by atoms with E-state index in [9.17, 15) is 9.59 Å². The second-order valence-corrected chi connectivity index (χ2v) is 10.3. The van der Waals surface area contributed by atoms with Gasteiger partial charge < -0.3 is 9.64 Å². The fourth-order valence-electron chi connectivity index (χ4n) is 5.11. The summed E-state index contributed by atoms with van der Waals surface area (Å²) in [6, 6.07) is 13.5. The second kappa shape index (κ2) is 7.58. The van der Waals surface area contributed by atoms with E-state index in [4.69, 9.17) is 4.74 Å². The van der Waals surface area contributed by atoms with E-state index in [1.165, 1.54) is 21.8 Å². The number of carbonyl (C=O) groups is 2. The third-order valence-electron chi connectivity index (χ3n) is 7.24. The largest absolute Gasteiger partial charge is 0.407 e. The lowest BCUT2D eigenvalue weighted by Gasteiger charge is -2.48. The lowest BCUT2D eigenvalue weighted by Crippen LogP contribution is -2.44. The van der Waals surface area contributed by atoms with E-state index in [1.54, 1.807) is 12.1 Å². The van der Waals surface area contributed by atoms with Crippen LogP contribution in [0.1, 0.15) is 57.2 Å². The van der Waals surface area contributed by atoms with Crippen molar-refractivity contribution in [3.8, 4) is 0 Å². The SMILES string of the molecule is CC1(C)CCN2CCC(C)(C)c3cc(C=C4C(=O)N(c5ccccc5)N=C4OC=O)cc1c32. The van der Waals surface area contributed by atoms with Gasteiger partial charge in [-0.3, -0.25) is 9.59 Å². The first-order chi connectivity index (χ1) is 15.7. The van der Waals surface area contributed by atoms with Crippen LogP contribution in [-0.4, -0.2) is 31.4 Å². The molecule has 3 heterocycles. The van der Waals surface area contributed by atoms with Gasteiger partial charge in [0.2, 0.25) is 0 Å². The standard InChI is InChI=1S/C27H29N3O3/c1-26(2)10-12-29-13-11-27(3,4)22-16-18(15-21(26)23(22)29)14-20-24(33-17-31)28-30(25(20)32)19-8-6-5-7-9-19/h5-9,14-17H,10-13H2,1-4H3. The average molecular weight is 444 g/mol. The third-order valence-corrected chi connectivity index (χ3v) is 7.24. The molecule has 2 aromatic rings. The Balaban J connectivity index is 1.64. The molecule has 0 fully saturated rings. The summed E-state index contributed by atoms with van der Waals surface area (Å²) in [7, 11) is 0. The summed E-state index contributed by atoms with van der Waals surface area (Å²) in [5.74, 6) is -0.296. The molecule has 2 aromatic carbocycles. The Kier molecular flexibility index (Phi) is 4.92. The van der Waals surface area contributed by atoms with Crippen LogP contribution >= 0.6 is 0 Å². The predicted octanol–water partition coefficient (Wildman–Crippen LogP) is 4.77. The number of carbonyl (C=O) groups excluding carboxylic acids is 2. The van der Waals surface area contributed by atoms with E-state index in [0.29, 0.717) is 12.2 Å². The van der Waals surface area contributed by atoms with E-state index in [0.717, 1.165) is 31.5 Å². The molecule has 0 N–H and O–H groups in total. The van der Waals surface area contributed by atoms with Crippen molar-refractivity contribution in [2.45, 2.75) is 51.4 Å². The number of hydrogen-bond donors (Lipinski definition) is 0. The number of anilines is 2. The van der Waals surface area contributed by atoms with Gasteiger partial charge in [0, 0.05) is 18.8 Å². The summed E-state index contributed by atoms with van der Waals surface area (Å²) < 4.78 is 5.12. The summed E-state index contributed by atoms with van der Waals surface area (Å²) in [5.41, 5.74) is 5.87. The summed E-state index contributed by atoms with van der Waals surface area (Å²) in [5, 5.41) is 5.57. The Morgan fingerprint density at radius 2 is 1.58 bits per heavy atom. The van der Waals surface area contributed by atoms with E-state index in [1.807, 2.05) is 24.3 Å². The van der Waals surface area contributed by atoms with Gasteiger partial charge in [0.1, 0.15) is 5.57 Å². The van der Waals surface area contributed by atoms with Crippen LogP contribution in [0.3, 0.4) is 0 Å². The molecule has 6 nitrogen and oxygen atoms in total. The fraction of sp³-hybridized carbons (Fsp3) is 0.370. The molecule has 0 aliphatic carbocycles. The lowest BCUT2D eigenvalue weighted by atomic mass is 9.69. The van der Waals surface area contributed by atoms with Gasteiger partial charge in [-0.25, -0.2) is 0 Å². The number of benzene rings is 2. The van der Waals surface area contributed by atoms with E-state index < -0.39 is 0 Å². The topological polar surface area (TPSA) is 62.2 Å². The Hall–Kier alpha value is -3.41. The minimum Gasteiger partial charge on any atom is -0.407 e. The first-order valence-electron chi connectivity index (χ1n) is 11.5. The average Bonchev–Trinajstić information content (AvgIpc) is 3.09. The van der Waals surface area contributed by atoms with Crippen LogP contribution in [0.5, 0.6) is 0 Å². The molecule has 5 rings (SSSR count). The smallest absolute Gasteiger partial charge is 0.299 e. The number of hydrogen-bond acceptors (Lipinski definition) is 5. The van der Waals surface area contributed by atoms with E-state index >= 15 is 0 Å². The van der Waals surface area contributed by atoms with Gasteiger partial charge in [-0.05, 0) is 70.7 Å². The Labute approximate surface area is 194 Å². The molecule has 0 saturated carbocycles. The normalized spacial score (nSPS) is 21.6. The van der Waals surface area contributed by atoms with E-state index in [2.05, 4.69) is 49.8 Å². The highest BCUT2D eigenvalue weighted by Crippen LogP contribution is 2.49. The molecule has 0 atom stereocenters. The van der Waals surface area contributed by atoms with Gasteiger partial charge in [0.25, 0.3) is 18.3 Å². The van der Waals surface area contributed by atoms with Crippen LogP contribution in [0.2, 0.25) is 0 Å². The molecule has 1 amide bonds. The number of amides is 1. The van der Waals surface area contributed by atoms with Crippen LogP contribution in [0, 0.1) is 0 Å². The molecule has 0 unspecified atom stereocenters. The van der Waals surface area contributed by atoms with Crippen molar-refractivity contribution in [1.82, 2.24) is 0 Å². The number of para-hydroxylation sites is 1. The Morgan fingerprint density at radius 3 is 2.15 bits per heavy atom.